The summed E-state index contributed by atoms with van der Waals surface area (Å²) in [5.41, 5.74) is 2.65. The Hall–Kier alpha value is -1.88. The number of quaternary nitrogens is 1. The van der Waals surface area contributed by atoms with Gasteiger partial charge in [-0.1, -0.05) is 45.0 Å². The molecule has 0 heterocycles. The second-order valence-electron chi connectivity index (χ2n) is 6.99. The van der Waals surface area contributed by atoms with Gasteiger partial charge in [-0.25, -0.2) is 0 Å². The molecule has 23 heavy (non-hydrogen) atoms. The van der Waals surface area contributed by atoms with Crippen LogP contribution in [0.25, 0.3) is 0 Å². The molecule has 3 N–H and O–H groups in total. The fraction of sp³-hybridized carbons (Fsp3) is 0.556. The monoisotopic (exact) mass is 320 g/mol. The topological polar surface area (TPSA) is 62.6 Å². The largest absolute Gasteiger partial charge is 0.355 e. The first-order valence-electron chi connectivity index (χ1n) is 8.16. The predicted molar refractivity (Wildman–Crippen MR) is 92.3 cm³/mol. The fourth-order valence-corrected chi connectivity index (χ4v) is 2.31. The van der Waals surface area contributed by atoms with Crippen LogP contribution in [-0.2, 0) is 21.5 Å². The van der Waals surface area contributed by atoms with Crippen molar-refractivity contribution >= 4 is 11.8 Å². The van der Waals surface area contributed by atoms with Crippen molar-refractivity contribution in [3.8, 4) is 0 Å². The van der Waals surface area contributed by atoms with Crippen molar-refractivity contribution in [1.82, 2.24) is 10.6 Å². The molecule has 1 rings (SSSR count). The van der Waals surface area contributed by atoms with Gasteiger partial charge in [0, 0.05) is 12.1 Å². The van der Waals surface area contributed by atoms with Gasteiger partial charge in [-0.2, -0.15) is 0 Å². The van der Waals surface area contributed by atoms with E-state index in [-0.39, 0.29) is 23.8 Å². The lowest BCUT2D eigenvalue weighted by molar-refractivity contribution is -0.885. The van der Waals surface area contributed by atoms with E-state index in [0.717, 1.165) is 11.4 Å². The zero-order chi connectivity index (χ0) is 17.5. The van der Waals surface area contributed by atoms with E-state index < -0.39 is 0 Å². The summed E-state index contributed by atoms with van der Waals surface area (Å²) in [7, 11) is 1.98. The molecular formula is C18H30N3O2+. The quantitative estimate of drug-likeness (QED) is 0.674. The van der Waals surface area contributed by atoms with Crippen LogP contribution in [0.1, 0.15) is 38.8 Å². The van der Waals surface area contributed by atoms with Gasteiger partial charge in [-0.05, 0) is 17.9 Å². The highest BCUT2D eigenvalue weighted by molar-refractivity contribution is 5.84. The zero-order valence-electron chi connectivity index (χ0n) is 15.0. The van der Waals surface area contributed by atoms with Gasteiger partial charge in [-0.3, -0.25) is 9.59 Å². The van der Waals surface area contributed by atoms with Crippen molar-refractivity contribution in [2.45, 2.75) is 39.7 Å². The highest BCUT2D eigenvalue weighted by atomic mass is 16.2. The minimum atomic E-state index is -0.156. The molecule has 5 heteroatoms. The molecule has 5 nitrogen and oxygen atoms in total. The van der Waals surface area contributed by atoms with Crippen LogP contribution in [0.2, 0.25) is 0 Å². The maximum Gasteiger partial charge on any atom is 0.275 e. The Kier molecular flexibility index (Phi) is 7.23. The number of hydrogen-bond donors (Lipinski definition) is 3. The van der Waals surface area contributed by atoms with Crippen LogP contribution >= 0.6 is 0 Å². The molecule has 0 radical (unpaired) electrons. The Morgan fingerprint density at radius 3 is 2.17 bits per heavy atom. The number of carbonyl (C=O) groups excluding carboxylic acids is 2. The van der Waals surface area contributed by atoms with E-state index in [0.29, 0.717) is 13.1 Å². The first-order valence-corrected chi connectivity index (χ1v) is 8.16. The van der Waals surface area contributed by atoms with Crippen LogP contribution in [0.5, 0.6) is 0 Å². The molecule has 0 aliphatic rings. The molecule has 0 aliphatic carbocycles. The molecule has 0 spiro atoms. The average Bonchev–Trinajstić information content (AvgIpc) is 2.45. The van der Waals surface area contributed by atoms with E-state index >= 15 is 0 Å². The number of rotatable bonds is 7. The summed E-state index contributed by atoms with van der Waals surface area (Å²) in [6.45, 7) is 10.2. The van der Waals surface area contributed by atoms with Crippen molar-refractivity contribution in [1.29, 1.82) is 0 Å². The first-order chi connectivity index (χ1) is 10.7. The highest BCUT2D eigenvalue weighted by Crippen LogP contribution is 2.21. The van der Waals surface area contributed by atoms with Gasteiger partial charge in [-0.15, -0.1) is 0 Å². The van der Waals surface area contributed by atoms with Gasteiger partial charge in [0.05, 0.1) is 13.6 Å². The summed E-state index contributed by atoms with van der Waals surface area (Å²) < 4.78 is 0. The van der Waals surface area contributed by atoms with Crippen LogP contribution in [0.15, 0.2) is 24.3 Å². The molecule has 1 unspecified atom stereocenters. The third kappa shape index (κ3) is 7.28. The van der Waals surface area contributed by atoms with Gasteiger partial charge >= 0.3 is 0 Å². The molecule has 128 valence electrons. The van der Waals surface area contributed by atoms with E-state index in [1.807, 2.05) is 14.0 Å². The number of carbonyl (C=O) groups is 2. The smallest absolute Gasteiger partial charge is 0.275 e. The molecule has 0 aliphatic heterocycles. The van der Waals surface area contributed by atoms with Crippen molar-refractivity contribution in [3.05, 3.63) is 35.4 Å². The number of benzene rings is 1. The molecule has 2 amide bonds. The summed E-state index contributed by atoms with van der Waals surface area (Å²) in [5, 5.41) is 5.29. The van der Waals surface area contributed by atoms with Crippen LogP contribution in [0.3, 0.4) is 0 Å². The summed E-state index contributed by atoms with van der Waals surface area (Å²) in [6, 6.07) is 8.54. The second kappa shape index (κ2) is 8.67. The standard InChI is InChI=1S/C18H29N3O2/c1-6-19-16(22)11-20-17(23)13-21(5)12-14-7-9-15(10-8-14)18(2,3)4/h7-10H,6,11-13H2,1-5H3,(H,19,22)(H,20,23)/p+1. The van der Waals surface area contributed by atoms with Gasteiger partial charge in [0.2, 0.25) is 5.91 Å². The summed E-state index contributed by atoms with van der Waals surface area (Å²) in [4.78, 5) is 24.2. The summed E-state index contributed by atoms with van der Waals surface area (Å²) in [6.07, 6.45) is 0. The third-order valence-electron chi connectivity index (χ3n) is 3.61. The van der Waals surface area contributed by atoms with E-state index in [4.69, 9.17) is 0 Å². The lowest BCUT2D eigenvalue weighted by atomic mass is 9.87. The van der Waals surface area contributed by atoms with Gasteiger partial charge in [0.25, 0.3) is 5.91 Å². The number of amides is 2. The molecule has 0 fully saturated rings. The molecular weight excluding hydrogens is 290 g/mol. The summed E-state index contributed by atoms with van der Waals surface area (Å²) in [5.74, 6) is -0.267. The van der Waals surface area contributed by atoms with Gasteiger partial charge < -0.3 is 15.5 Å². The SMILES string of the molecule is CCNC(=O)CNC(=O)C[NH+](C)Cc1ccc(C(C)(C)C)cc1. The minimum absolute atomic E-state index is 0.0419. The van der Waals surface area contributed by atoms with E-state index in [2.05, 4.69) is 55.7 Å². The van der Waals surface area contributed by atoms with Gasteiger partial charge in [0.1, 0.15) is 6.54 Å². The van der Waals surface area contributed by atoms with Crippen molar-refractivity contribution in [2.75, 3.05) is 26.7 Å². The first kappa shape index (κ1) is 19.2. The fourth-order valence-electron chi connectivity index (χ4n) is 2.31. The van der Waals surface area contributed by atoms with Crippen LogP contribution in [-0.4, -0.2) is 38.5 Å². The molecule has 1 atom stereocenters. The van der Waals surface area contributed by atoms with E-state index in [9.17, 15) is 9.59 Å². The minimum Gasteiger partial charge on any atom is -0.355 e. The molecule has 1 aromatic carbocycles. The maximum absolute atomic E-state index is 11.8. The lowest BCUT2D eigenvalue weighted by Crippen LogP contribution is -3.08. The van der Waals surface area contributed by atoms with Crippen molar-refractivity contribution < 1.29 is 14.5 Å². The number of likely N-dealkylation sites (N-methyl/N-ethyl adjacent to an activating group) is 2. The van der Waals surface area contributed by atoms with Crippen LogP contribution < -0.4 is 15.5 Å². The summed E-state index contributed by atoms with van der Waals surface area (Å²) >= 11 is 0. The van der Waals surface area contributed by atoms with Crippen LogP contribution in [0, 0.1) is 0 Å². The molecule has 1 aromatic rings. The Morgan fingerprint density at radius 2 is 1.65 bits per heavy atom. The highest BCUT2D eigenvalue weighted by Gasteiger charge is 2.14. The average molecular weight is 320 g/mol. The Balaban J connectivity index is 2.42. The zero-order valence-corrected chi connectivity index (χ0v) is 15.0. The van der Waals surface area contributed by atoms with E-state index in [1.165, 1.54) is 11.1 Å². The lowest BCUT2D eigenvalue weighted by Gasteiger charge is -2.19. The Bertz CT molecular complexity index is 518. The molecule has 0 saturated heterocycles. The number of hydrogen-bond acceptors (Lipinski definition) is 2. The van der Waals surface area contributed by atoms with Crippen molar-refractivity contribution in [2.24, 2.45) is 0 Å². The Labute approximate surface area is 139 Å². The van der Waals surface area contributed by atoms with Crippen LogP contribution in [0.4, 0.5) is 0 Å². The van der Waals surface area contributed by atoms with E-state index in [1.54, 1.807) is 0 Å². The predicted octanol–water partition coefficient (Wildman–Crippen LogP) is 0.251. The second-order valence-corrected chi connectivity index (χ2v) is 6.99. The Morgan fingerprint density at radius 1 is 1.04 bits per heavy atom. The molecule has 0 aromatic heterocycles. The third-order valence-corrected chi connectivity index (χ3v) is 3.61. The van der Waals surface area contributed by atoms with Gasteiger partial charge in [0.15, 0.2) is 6.54 Å². The van der Waals surface area contributed by atoms with Crippen molar-refractivity contribution in [3.63, 3.8) is 0 Å². The molecule has 0 saturated carbocycles. The normalized spacial score (nSPS) is 12.6. The number of nitrogens with one attached hydrogen (secondary N) is 3. The maximum atomic E-state index is 11.8. The molecule has 0 bridgehead atoms.